The van der Waals surface area contributed by atoms with Crippen molar-refractivity contribution in [1.82, 2.24) is 14.9 Å². The van der Waals surface area contributed by atoms with Gasteiger partial charge in [-0.15, -0.1) is 6.58 Å². The Labute approximate surface area is 197 Å². The Morgan fingerprint density at radius 2 is 2.18 bits per heavy atom. The van der Waals surface area contributed by atoms with Crippen LogP contribution in [0.5, 0.6) is 0 Å². The third kappa shape index (κ3) is 7.24. The van der Waals surface area contributed by atoms with Gasteiger partial charge < -0.3 is 24.6 Å². The second kappa shape index (κ2) is 10.6. The maximum Gasteiger partial charge on any atom is 0.407 e. The number of aromatic amines is 1. The molecule has 1 aliphatic rings. The van der Waals surface area contributed by atoms with Crippen LogP contribution in [0.4, 0.5) is 9.18 Å². The van der Waals surface area contributed by atoms with E-state index in [9.17, 15) is 28.7 Å². The molecule has 0 bridgehead atoms. The summed E-state index contributed by atoms with van der Waals surface area (Å²) < 4.78 is 31.0. The van der Waals surface area contributed by atoms with Crippen LogP contribution in [0.1, 0.15) is 46.3 Å². The van der Waals surface area contributed by atoms with Crippen LogP contribution >= 0.6 is 15.9 Å². The van der Waals surface area contributed by atoms with Crippen molar-refractivity contribution in [3.8, 4) is 0 Å². The van der Waals surface area contributed by atoms with E-state index in [0.717, 1.165) is 16.8 Å². The lowest BCUT2D eigenvalue weighted by Crippen LogP contribution is -2.47. The highest BCUT2D eigenvalue weighted by Gasteiger charge is 2.54. The fourth-order valence-corrected chi connectivity index (χ4v) is 3.38. The molecule has 0 saturated carbocycles. The van der Waals surface area contributed by atoms with Crippen LogP contribution in [0.2, 0.25) is 0 Å². The van der Waals surface area contributed by atoms with Gasteiger partial charge in [0.05, 0.1) is 10.9 Å². The molecule has 1 aliphatic heterocycles. The van der Waals surface area contributed by atoms with Gasteiger partial charge in [-0.2, -0.15) is 0 Å². The normalized spacial score (nSPS) is 23.6. The first-order valence-corrected chi connectivity index (χ1v) is 10.9. The highest BCUT2D eigenvalue weighted by molar-refractivity contribution is 9.10. The van der Waals surface area contributed by atoms with Crippen molar-refractivity contribution >= 4 is 28.0 Å². The number of carbonyl (C=O) groups excluding carboxylic acids is 2. The first-order valence-electron chi connectivity index (χ1n) is 10.1. The first kappa shape index (κ1) is 26.7. The van der Waals surface area contributed by atoms with E-state index < -0.39 is 59.6 Å². The summed E-state index contributed by atoms with van der Waals surface area (Å²) in [4.78, 5) is 49.6. The minimum absolute atomic E-state index is 0.00712. The zero-order chi connectivity index (χ0) is 25.0. The van der Waals surface area contributed by atoms with Crippen molar-refractivity contribution in [1.29, 1.82) is 0 Å². The number of halogens is 2. The number of alkyl carbamates (subject to hydrolysis) is 1. The summed E-state index contributed by atoms with van der Waals surface area (Å²) in [5.41, 5.74) is -2.20. The highest BCUT2D eigenvalue weighted by atomic mass is 79.9. The van der Waals surface area contributed by atoms with Crippen LogP contribution in [0.15, 0.2) is 32.9 Å². The quantitative estimate of drug-likeness (QED) is 0.197. The molecule has 0 radical (unpaired) electrons. The Morgan fingerprint density at radius 1 is 1.52 bits per heavy atom. The van der Waals surface area contributed by atoms with E-state index in [4.69, 9.17) is 14.2 Å². The van der Waals surface area contributed by atoms with Gasteiger partial charge in [-0.1, -0.05) is 6.08 Å². The van der Waals surface area contributed by atoms with Crippen LogP contribution in [0, 0.1) is 0 Å². The molecule has 1 aromatic rings. The van der Waals surface area contributed by atoms with Crippen LogP contribution in [0.3, 0.4) is 0 Å². The molecular formula is C20H27BrFN3O8. The molecule has 1 amide bonds. The molecule has 0 aliphatic carbocycles. The molecule has 0 aromatic carbocycles. The number of H-pyrrole nitrogens is 1. The number of aliphatic hydroxyl groups is 1. The van der Waals surface area contributed by atoms with Crippen LogP contribution < -0.4 is 16.6 Å². The number of nitrogens with zero attached hydrogens (tertiary/aromatic N) is 1. The van der Waals surface area contributed by atoms with Gasteiger partial charge >= 0.3 is 17.8 Å². The molecule has 13 heteroatoms. The second-order valence-corrected chi connectivity index (χ2v) is 9.24. The number of amides is 1. The number of hydrogen-bond donors (Lipinski definition) is 3. The van der Waals surface area contributed by atoms with Crippen molar-refractivity contribution in [3.05, 3.63) is 44.2 Å². The maximum absolute atomic E-state index is 14.4. The van der Waals surface area contributed by atoms with E-state index in [-0.39, 0.29) is 23.9 Å². The molecule has 11 nitrogen and oxygen atoms in total. The van der Waals surface area contributed by atoms with Crippen LogP contribution in [0.25, 0.3) is 0 Å². The monoisotopic (exact) mass is 535 g/mol. The molecule has 184 valence electrons. The summed E-state index contributed by atoms with van der Waals surface area (Å²) in [6, 6.07) is 0. The van der Waals surface area contributed by atoms with E-state index in [2.05, 4.69) is 27.8 Å². The Morgan fingerprint density at radius 3 is 2.79 bits per heavy atom. The van der Waals surface area contributed by atoms with Crippen molar-refractivity contribution in [2.24, 2.45) is 0 Å². The lowest BCUT2D eigenvalue weighted by atomic mass is 10.0. The number of hydrogen-bond acceptors (Lipinski definition) is 8. The summed E-state index contributed by atoms with van der Waals surface area (Å²) in [6.07, 6.45) is -4.01. The Balaban J connectivity index is 2.04. The fourth-order valence-electron chi connectivity index (χ4n) is 3.06. The average molecular weight is 536 g/mol. The van der Waals surface area contributed by atoms with Crippen molar-refractivity contribution in [2.45, 2.75) is 69.9 Å². The third-order valence-corrected chi connectivity index (χ3v) is 5.05. The zero-order valence-electron chi connectivity index (χ0n) is 18.4. The SMILES string of the molecule is C=CC(F)[C@H]1O[C@@H](n2cc(Br)c(=O)[nH]c2=O)C[C@]1(O)OC(=O)CCCNC(=O)OC(C)(C)C. The van der Waals surface area contributed by atoms with Gasteiger partial charge in [0.1, 0.15) is 11.8 Å². The third-order valence-electron chi connectivity index (χ3n) is 4.48. The standard InChI is InChI=1S/C20H27BrFN3O8/c1-5-12(22)15-20(30,9-13(31-15)25-10-11(21)16(27)24-17(25)28)32-14(26)7-6-8-23-18(29)33-19(2,3)4/h5,10,12-13,15,30H,1,6-9H2,2-4H3,(H,23,29)(H,24,27,28)/t12?,13-,15-,20+/m1/s1. The maximum atomic E-state index is 14.4. The van der Waals surface area contributed by atoms with Gasteiger partial charge in [-0.05, 0) is 43.1 Å². The van der Waals surface area contributed by atoms with Crippen LogP contribution in [-0.2, 0) is 19.0 Å². The number of nitrogens with one attached hydrogen (secondary N) is 2. The summed E-state index contributed by atoms with van der Waals surface area (Å²) >= 11 is 2.98. The molecular weight excluding hydrogens is 509 g/mol. The van der Waals surface area contributed by atoms with Gasteiger partial charge in [-0.25, -0.2) is 14.0 Å². The minimum atomic E-state index is -2.41. The number of ether oxygens (including phenoxy) is 3. The van der Waals surface area contributed by atoms with E-state index >= 15 is 0 Å². The lowest BCUT2D eigenvalue weighted by Gasteiger charge is -2.28. The molecule has 4 atom stereocenters. The number of carbonyl (C=O) groups is 2. The summed E-state index contributed by atoms with van der Waals surface area (Å²) in [5, 5.41) is 13.4. The molecule has 1 fully saturated rings. The average Bonchev–Trinajstić information content (AvgIpc) is 3.02. The molecule has 3 N–H and O–H groups in total. The van der Waals surface area contributed by atoms with Crippen LogP contribution in [-0.4, -0.2) is 56.9 Å². The topological polar surface area (TPSA) is 149 Å². The Kier molecular flexibility index (Phi) is 8.60. The smallest absolute Gasteiger partial charge is 0.407 e. The first-order chi connectivity index (χ1) is 15.3. The number of esters is 1. The molecule has 2 heterocycles. The zero-order valence-corrected chi connectivity index (χ0v) is 20.0. The minimum Gasteiger partial charge on any atom is -0.444 e. The highest BCUT2D eigenvalue weighted by Crippen LogP contribution is 2.40. The fraction of sp³-hybridized carbons (Fsp3) is 0.600. The summed E-state index contributed by atoms with van der Waals surface area (Å²) in [7, 11) is 0. The van der Waals surface area contributed by atoms with Gasteiger partial charge in [-0.3, -0.25) is 19.1 Å². The molecule has 1 unspecified atom stereocenters. The predicted octanol–water partition coefficient (Wildman–Crippen LogP) is 1.65. The summed E-state index contributed by atoms with van der Waals surface area (Å²) in [6.45, 7) is 8.54. The van der Waals surface area contributed by atoms with E-state index in [0.29, 0.717) is 0 Å². The number of aromatic nitrogens is 2. The number of rotatable bonds is 8. The Bertz CT molecular complexity index is 1000. The molecule has 2 rings (SSSR count). The van der Waals surface area contributed by atoms with Crippen molar-refractivity contribution in [3.63, 3.8) is 0 Å². The van der Waals surface area contributed by atoms with E-state index in [1.54, 1.807) is 20.8 Å². The van der Waals surface area contributed by atoms with Crippen molar-refractivity contribution in [2.75, 3.05) is 6.54 Å². The van der Waals surface area contributed by atoms with Gasteiger partial charge in [0.25, 0.3) is 5.56 Å². The largest absolute Gasteiger partial charge is 0.444 e. The van der Waals surface area contributed by atoms with E-state index in [1.165, 1.54) is 0 Å². The molecule has 1 saturated heterocycles. The van der Waals surface area contributed by atoms with Gasteiger partial charge in [0.2, 0.25) is 5.79 Å². The predicted molar refractivity (Wildman–Crippen MR) is 117 cm³/mol. The van der Waals surface area contributed by atoms with E-state index in [1.807, 2.05) is 4.98 Å². The molecule has 1 aromatic heterocycles. The van der Waals surface area contributed by atoms with Gasteiger partial charge in [0, 0.05) is 19.2 Å². The van der Waals surface area contributed by atoms with Crippen molar-refractivity contribution < 1.29 is 33.3 Å². The lowest BCUT2D eigenvalue weighted by molar-refractivity contribution is -0.233. The molecule has 33 heavy (non-hydrogen) atoms. The Hall–Kier alpha value is -2.51. The second-order valence-electron chi connectivity index (χ2n) is 8.39. The number of alkyl halides is 1. The van der Waals surface area contributed by atoms with Gasteiger partial charge in [0.15, 0.2) is 12.3 Å². The summed E-state index contributed by atoms with van der Waals surface area (Å²) in [5.74, 6) is -3.28. The molecule has 0 spiro atoms.